The molecule has 0 aliphatic heterocycles. The Hall–Kier alpha value is -3.40. The number of carbonyl (C=O) groups is 2. The molecule has 0 aliphatic carbocycles. The van der Waals surface area contributed by atoms with Crippen LogP contribution in [0.3, 0.4) is 0 Å². The van der Waals surface area contributed by atoms with E-state index in [4.69, 9.17) is 9.47 Å². The van der Waals surface area contributed by atoms with E-state index in [9.17, 15) is 9.59 Å². The van der Waals surface area contributed by atoms with Gasteiger partial charge in [0.05, 0.1) is 11.1 Å². The van der Waals surface area contributed by atoms with Gasteiger partial charge in [-0.3, -0.25) is 0 Å². The Morgan fingerprint density at radius 3 is 1.63 bits per heavy atom. The third-order valence-electron chi connectivity index (χ3n) is 4.81. The second-order valence-electron chi connectivity index (χ2n) is 7.76. The van der Waals surface area contributed by atoms with Gasteiger partial charge < -0.3 is 9.47 Å². The molecule has 3 aromatic carbocycles. The first-order valence-electron chi connectivity index (χ1n) is 10.1. The highest BCUT2D eigenvalue weighted by molar-refractivity contribution is 5.93. The molecule has 4 heteroatoms. The Morgan fingerprint density at radius 1 is 0.667 bits per heavy atom. The minimum absolute atomic E-state index is 0.0662. The predicted molar refractivity (Wildman–Crippen MR) is 117 cm³/mol. The Bertz CT molecular complexity index is 1020. The molecule has 0 aliphatic rings. The molecule has 154 valence electrons. The second-order valence-corrected chi connectivity index (χ2v) is 7.76. The van der Waals surface area contributed by atoms with Crippen LogP contribution in [0.5, 0.6) is 11.5 Å². The summed E-state index contributed by atoms with van der Waals surface area (Å²) in [6, 6.07) is 21.3. The van der Waals surface area contributed by atoms with Gasteiger partial charge in [-0.15, -0.1) is 0 Å². The van der Waals surface area contributed by atoms with Crippen molar-refractivity contribution in [1.29, 1.82) is 0 Å². The zero-order valence-corrected chi connectivity index (χ0v) is 17.7. The molecule has 0 atom stereocenters. The second kappa shape index (κ2) is 9.40. The maximum atomic E-state index is 12.8. The van der Waals surface area contributed by atoms with Crippen molar-refractivity contribution >= 4 is 11.9 Å². The van der Waals surface area contributed by atoms with Crippen LogP contribution in [0.1, 0.15) is 71.4 Å². The van der Waals surface area contributed by atoms with Crippen molar-refractivity contribution < 1.29 is 19.1 Å². The van der Waals surface area contributed by atoms with E-state index in [0.717, 1.165) is 11.1 Å². The van der Waals surface area contributed by atoms with Gasteiger partial charge in [-0.05, 0) is 47.7 Å². The smallest absolute Gasteiger partial charge is 0.343 e. The summed E-state index contributed by atoms with van der Waals surface area (Å²) in [5.41, 5.74) is 2.69. The highest BCUT2D eigenvalue weighted by atomic mass is 16.6. The molecule has 0 saturated heterocycles. The molecular formula is C26H26O4. The van der Waals surface area contributed by atoms with Gasteiger partial charge in [0, 0.05) is 5.56 Å². The monoisotopic (exact) mass is 402 g/mol. The maximum absolute atomic E-state index is 12.8. The SMILES string of the molecule is CC(C)c1cc(OC(=O)c2ccccc2)c(OC(=O)c2ccccc2)c(C(C)C)c1. The largest absolute Gasteiger partial charge is 0.419 e. The lowest BCUT2D eigenvalue weighted by molar-refractivity contribution is 0.0680. The molecule has 3 aromatic rings. The average Bonchev–Trinajstić information content (AvgIpc) is 2.75. The van der Waals surface area contributed by atoms with E-state index in [1.54, 1.807) is 54.6 Å². The maximum Gasteiger partial charge on any atom is 0.343 e. The Labute approximate surface area is 177 Å². The van der Waals surface area contributed by atoms with Crippen LogP contribution in [0.4, 0.5) is 0 Å². The lowest BCUT2D eigenvalue weighted by Gasteiger charge is -2.20. The quantitative estimate of drug-likeness (QED) is 0.355. The van der Waals surface area contributed by atoms with Gasteiger partial charge in [0.15, 0.2) is 11.5 Å². The van der Waals surface area contributed by atoms with E-state index in [1.807, 2.05) is 32.0 Å². The summed E-state index contributed by atoms with van der Waals surface area (Å²) in [6.07, 6.45) is 0. The zero-order valence-electron chi connectivity index (χ0n) is 17.7. The molecule has 0 aromatic heterocycles. The predicted octanol–water partition coefficient (Wildman–Crippen LogP) is 6.37. The summed E-state index contributed by atoms with van der Waals surface area (Å²) >= 11 is 0. The van der Waals surface area contributed by atoms with Crippen LogP contribution in [0.25, 0.3) is 0 Å². The van der Waals surface area contributed by atoms with E-state index >= 15 is 0 Å². The first kappa shape index (κ1) is 21.3. The first-order valence-corrected chi connectivity index (χ1v) is 10.1. The number of hydrogen-bond acceptors (Lipinski definition) is 4. The molecular weight excluding hydrogens is 376 g/mol. The van der Waals surface area contributed by atoms with Gasteiger partial charge in [0.25, 0.3) is 0 Å². The van der Waals surface area contributed by atoms with Gasteiger partial charge in [-0.25, -0.2) is 9.59 Å². The third-order valence-corrected chi connectivity index (χ3v) is 4.81. The van der Waals surface area contributed by atoms with E-state index in [2.05, 4.69) is 13.8 Å². The van der Waals surface area contributed by atoms with Crippen molar-refractivity contribution in [3.05, 3.63) is 95.1 Å². The number of rotatable bonds is 6. The normalized spacial score (nSPS) is 10.9. The minimum Gasteiger partial charge on any atom is -0.419 e. The summed E-state index contributed by atoms with van der Waals surface area (Å²) in [6.45, 7) is 8.17. The van der Waals surface area contributed by atoms with Crippen LogP contribution in [0.15, 0.2) is 72.8 Å². The van der Waals surface area contributed by atoms with E-state index in [-0.39, 0.29) is 23.3 Å². The lowest BCUT2D eigenvalue weighted by Crippen LogP contribution is -2.15. The van der Waals surface area contributed by atoms with Crippen LogP contribution in [0.2, 0.25) is 0 Å². The molecule has 0 amide bonds. The van der Waals surface area contributed by atoms with Crippen molar-refractivity contribution in [3.8, 4) is 11.5 Å². The van der Waals surface area contributed by atoms with Crippen molar-refractivity contribution in [2.45, 2.75) is 39.5 Å². The number of ether oxygens (including phenoxy) is 2. The highest BCUT2D eigenvalue weighted by Gasteiger charge is 2.23. The molecule has 0 unspecified atom stereocenters. The van der Waals surface area contributed by atoms with Crippen LogP contribution >= 0.6 is 0 Å². The standard InChI is InChI=1S/C26H26O4/c1-17(2)21-15-22(18(3)4)24(30-26(28)20-13-9-6-10-14-20)23(16-21)29-25(27)19-11-7-5-8-12-19/h5-18H,1-4H3. The summed E-state index contributed by atoms with van der Waals surface area (Å²) in [5, 5.41) is 0. The Morgan fingerprint density at radius 2 is 1.17 bits per heavy atom. The van der Waals surface area contributed by atoms with Crippen molar-refractivity contribution in [2.24, 2.45) is 0 Å². The molecule has 0 saturated carbocycles. The Balaban J connectivity index is 2.05. The van der Waals surface area contributed by atoms with Gasteiger partial charge in [-0.2, -0.15) is 0 Å². The molecule has 0 heterocycles. The molecule has 0 spiro atoms. The minimum atomic E-state index is -0.497. The lowest BCUT2D eigenvalue weighted by atomic mass is 9.94. The number of hydrogen-bond donors (Lipinski definition) is 0. The number of esters is 2. The molecule has 30 heavy (non-hydrogen) atoms. The summed E-state index contributed by atoms with van der Waals surface area (Å²) in [7, 11) is 0. The third kappa shape index (κ3) is 4.95. The fourth-order valence-corrected chi connectivity index (χ4v) is 3.05. The number of carbonyl (C=O) groups excluding carboxylic acids is 2. The highest BCUT2D eigenvalue weighted by Crippen LogP contribution is 2.40. The molecule has 0 fully saturated rings. The fraction of sp³-hybridized carbons (Fsp3) is 0.231. The van der Waals surface area contributed by atoms with Gasteiger partial charge in [0.1, 0.15) is 0 Å². The van der Waals surface area contributed by atoms with E-state index in [0.29, 0.717) is 11.1 Å². The van der Waals surface area contributed by atoms with Crippen LogP contribution in [0, 0.1) is 0 Å². The summed E-state index contributed by atoms with van der Waals surface area (Å²) < 4.78 is 11.5. The van der Waals surface area contributed by atoms with Crippen molar-refractivity contribution in [2.75, 3.05) is 0 Å². The summed E-state index contributed by atoms with van der Waals surface area (Å²) in [4.78, 5) is 25.5. The topological polar surface area (TPSA) is 52.6 Å². The van der Waals surface area contributed by atoms with Gasteiger partial charge >= 0.3 is 11.9 Å². The van der Waals surface area contributed by atoms with Crippen molar-refractivity contribution in [1.82, 2.24) is 0 Å². The Kier molecular flexibility index (Phi) is 6.68. The van der Waals surface area contributed by atoms with Crippen LogP contribution in [-0.4, -0.2) is 11.9 Å². The van der Waals surface area contributed by atoms with Gasteiger partial charge in [-0.1, -0.05) is 70.2 Å². The molecule has 0 N–H and O–H groups in total. The summed E-state index contributed by atoms with van der Waals surface area (Å²) in [5.74, 6) is -0.169. The van der Waals surface area contributed by atoms with Gasteiger partial charge in [0.2, 0.25) is 0 Å². The molecule has 0 bridgehead atoms. The molecule has 0 radical (unpaired) electrons. The fourth-order valence-electron chi connectivity index (χ4n) is 3.05. The van der Waals surface area contributed by atoms with E-state index < -0.39 is 11.9 Å². The van der Waals surface area contributed by atoms with E-state index in [1.165, 1.54) is 0 Å². The molecule has 4 nitrogen and oxygen atoms in total. The average molecular weight is 402 g/mol. The molecule has 3 rings (SSSR count). The van der Waals surface area contributed by atoms with Crippen molar-refractivity contribution in [3.63, 3.8) is 0 Å². The first-order chi connectivity index (χ1) is 14.4. The van der Waals surface area contributed by atoms with Crippen LogP contribution < -0.4 is 9.47 Å². The zero-order chi connectivity index (χ0) is 21.7. The number of benzene rings is 3. The van der Waals surface area contributed by atoms with Crippen LogP contribution in [-0.2, 0) is 0 Å².